The van der Waals surface area contributed by atoms with Crippen LogP contribution in [0.25, 0.3) is 0 Å². The quantitative estimate of drug-likeness (QED) is 0.731. The lowest BCUT2D eigenvalue weighted by Crippen LogP contribution is -2.53. The summed E-state index contributed by atoms with van der Waals surface area (Å²) in [6, 6.07) is 8.80. The number of likely N-dealkylation sites (tertiary alicyclic amines) is 1. The predicted molar refractivity (Wildman–Crippen MR) is 110 cm³/mol. The van der Waals surface area contributed by atoms with E-state index in [1.54, 1.807) is 11.3 Å². The van der Waals surface area contributed by atoms with E-state index in [1.807, 2.05) is 17.0 Å². The molecule has 0 saturated carbocycles. The number of hydrogen-bond acceptors (Lipinski definition) is 6. The first-order valence-electron chi connectivity index (χ1n) is 10.2. The van der Waals surface area contributed by atoms with Crippen molar-refractivity contribution in [1.82, 2.24) is 14.8 Å². The minimum absolute atomic E-state index is 0.409. The summed E-state index contributed by atoms with van der Waals surface area (Å²) in [6.45, 7) is 6.03. The van der Waals surface area contributed by atoms with Gasteiger partial charge in [-0.3, -0.25) is 9.80 Å². The summed E-state index contributed by atoms with van der Waals surface area (Å²) in [5, 5.41) is 8.96. The van der Waals surface area contributed by atoms with Crippen LogP contribution in [0, 0.1) is 11.3 Å². The van der Waals surface area contributed by atoms with Crippen molar-refractivity contribution in [2.75, 3.05) is 44.2 Å². The van der Waals surface area contributed by atoms with Crippen LogP contribution in [0.1, 0.15) is 28.2 Å². The van der Waals surface area contributed by atoms with Crippen LogP contribution in [-0.2, 0) is 12.7 Å². The molecular formula is C21H24F3N5S. The normalized spacial score (nSPS) is 19.7. The molecule has 0 radical (unpaired) electrons. The van der Waals surface area contributed by atoms with E-state index in [0.29, 0.717) is 24.9 Å². The molecule has 160 valence electrons. The van der Waals surface area contributed by atoms with Crippen LogP contribution in [0.5, 0.6) is 0 Å². The van der Waals surface area contributed by atoms with Gasteiger partial charge in [0.1, 0.15) is 16.8 Å². The molecule has 0 bridgehead atoms. The van der Waals surface area contributed by atoms with Gasteiger partial charge in [-0.15, -0.1) is 11.3 Å². The van der Waals surface area contributed by atoms with Gasteiger partial charge in [-0.1, -0.05) is 0 Å². The summed E-state index contributed by atoms with van der Waals surface area (Å²) in [7, 11) is 0. The van der Waals surface area contributed by atoms with Gasteiger partial charge in [-0.05, 0) is 37.1 Å². The van der Waals surface area contributed by atoms with Gasteiger partial charge in [0.2, 0.25) is 0 Å². The highest BCUT2D eigenvalue weighted by atomic mass is 32.1. The van der Waals surface area contributed by atoms with E-state index < -0.39 is 11.7 Å². The maximum atomic E-state index is 13.0. The van der Waals surface area contributed by atoms with Crippen LogP contribution < -0.4 is 4.90 Å². The Morgan fingerprint density at radius 1 is 1.07 bits per heavy atom. The average molecular weight is 436 g/mol. The zero-order valence-corrected chi connectivity index (χ0v) is 17.4. The van der Waals surface area contributed by atoms with Crippen LogP contribution in [0.3, 0.4) is 0 Å². The number of piperazine rings is 1. The largest absolute Gasteiger partial charge is 0.416 e. The van der Waals surface area contributed by atoms with Crippen molar-refractivity contribution in [2.24, 2.45) is 0 Å². The van der Waals surface area contributed by atoms with E-state index in [-0.39, 0.29) is 0 Å². The second kappa shape index (κ2) is 8.92. The van der Waals surface area contributed by atoms with Crippen LogP contribution in [0.2, 0.25) is 0 Å². The fraction of sp³-hybridized carbons (Fsp3) is 0.524. The molecule has 30 heavy (non-hydrogen) atoms. The molecule has 9 heteroatoms. The van der Waals surface area contributed by atoms with E-state index >= 15 is 0 Å². The van der Waals surface area contributed by atoms with Gasteiger partial charge < -0.3 is 4.90 Å². The molecule has 0 amide bonds. The molecule has 2 saturated heterocycles. The number of pyridine rings is 1. The Bertz CT molecular complexity index is 891. The number of alkyl halides is 3. The SMILES string of the molecule is N#Cc1ccc(CN2CCC(N3CCN(c4cc(C(F)(F)F)ccn4)CC3)CC2)s1. The Hall–Kier alpha value is -2.15. The summed E-state index contributed by atoms with van der Waals surface area (Å²) in [5.41, 5.74) is -0.644. The maximum Gasteiger partial charge on any atom is 0.416 e. The third-order valence-electron chi connectivity index (χ3n) is 5.94. The number of piperidine rings is 1. The Kier molecular flexibility index (Phi) is 6.27. The predicted octanol–water partition coefficient (Wildman–Crippen LogP) is 3.82. The van der Waals surface area contributed by atoms with E-state index in [4.69, 9.17) is 5.26 Å². The second-order valence-corrected chi connectivity index (χ2v) is 8.98. The van der Waals surface area contributed by atoms with E-state index in [0.717, 1.165) is 62.6 Å². The van der Waals surface area contributed by atoms with Crippen LogP contribution in [-0.4, -0.2) is 60.1 Å². The lowest BCUT2D eigenvalue weighted by molar-refractivity contribution is -0.137. The summed E-state index contributed by atoms with van der Waals surface area (Å²) in [6.07, 6.45) is -0.906. The summed E-state index contributed by atoms with van der Waals surface area (Å²) >= 11 is 1.56. The lowest BCUT2D eigenvalue weighted by Gasteiger charge is -2.43. The van der Waals surface area contributed by atoms with Crippen molar-refractivity contribution in [3.05, 3.63) is 45.8 Å². The van der Waals surface area contributed by atoms with Crippen LogP contribution >= 0.6 is 11.3 Å². The fourth-order valence-corrected chi connectivity index (χ4v) is 5.12. The van der Waals surface area contributed by atoms with Crippen molar-refractivity contribution in [2.45, 2.75) is 31.6 Å². The van der Waals surface area contributed by atoms with Gasteiger partial charge >= 0.3 is 6.18 Å². The van der Waals surface area contributed by atoms with Gasteiger partial charge in [0, 0.05) is 62.9 Å². The Morgan fingerprint density at radius 3 is 2.43 bits per heavy atom. The molecule has 2 aliphatic heterocycles. The van der Waals surface area contributed by atoms with Gasteiger partial charge in [0.05, 0.1) is 5.56 Å². The number of thiophene rings is 1. The van der Waals surface area contributed by atoms with Crippen LogP contribution in [0.15, 0.2) is 30.5 Å². The average Bonchev–Trinajstić information content (AvgIpc) is 3.21. The zero-order valence-electron chi connectivity index (χ0n) is 16.6. The molecule has 0 unspecified atom stereocenters. The summed E-state index contributed by atoms with van der Waals surface area (Å²) < 4.78 is 38.9. The molecule has 2 aromatic heterocycles. The highest BCUT2D eigenvalue weighted by Crippen LogP contribution is 2.31. The molecule has 0 spiro atoms. The molecule has 5 nitrogen and oxygen atoms in total. The first kappa shape index (κ1) is 21.1. The molecule has 0 aromatic carbocycles. The molecule has 2 aromatic rings. The highest BCUT2D eigenvalue weighted by Gasteiger charge is 2.32. The smallest absolute Gasteiger partial charge is 0.354 e. The minimum Gasteiger partial charge on any atom is -0.354 e. The Labute approximate surface area is 178 Å². The molecule has 0 N–H and O–H groups in total. The first-order chi connectivity index (χ1) is 14.4. The Balaban J connectivity index is 1.26. The fourth-order valence-electron chi connectivity index (χ4n) is 4.27. The number of rotatable bonds is 4. The van der Waals surface area contributed by atoms with Crippen molar-refractivity contribution in [1.29, 1.82) is 5.26 Å². The topological polar surface area (TPSA) is 46.4 Å². The third-order valence-corrected chi connectivity index (χ3v) is 6.91. The Morgan fingerprint density at radius 2 is 1.80 bits per heavy atom. The summed E-state index contributed by atoms with van der Waals surface area (Å²) in [4.78, 5) is 13.0. The first-order valence-corrected chi connectivity index (χ1v) is 11.0. The number of halogens is 3. The van der Waals surface area contributed by atoms with Crippen molar-refractivity contribution in [3.63, 3.8) is 0 Å². The van der Waals surface area contributed by atoms with Crippen molar-refractivity contribution < 1.29 is 13.2 Å². The second-order valence-electron chi connectivity index (χ2n) is 7.81. The molecule has 2 fully saturated rings. The van der Waals surface area contributed by atoms with E-state index in [9.17, 15) is 13.2 Å². The number of nitrogens with zero attached hydrogens (tertiary/aromatic N) is 5. The molecule has 0 aliphatic carbocycles. The molecule has 4 rings (SSSR count). The zero-order chi connectivity index (χ0) is 21.1. The van der Waals surface area contributed by atoms with Crippen molar-refractivity contribution in [3.8, 4) is 6.07 Å². The lowest BCUT2D eigenvalue weighted by atomic mass is 10.0. The minimum atomic E-state index is -4.34. The van der Waals surface area contributed by atoms with Crippen molar-refractivity contribution >= 4 is 17.2 Å². The summed E-state index contributed by atoms with van der Waals surface area (Å²) in [5.74, 6) is 0.409. The van der Waals surface area contributed by atoms with E-state index in [1.165, 1.54) is 11.1 Å². The van der Waals surface area contributed by atoms with E-state index in [2.05, 4.69) is 20.9 Å². The molecular weight excluding hydrogens is 411 g/mol. The van der Waals surface area contributed by atoms with Gasteiger partial charge in [0.25, 0.3) is 0 Å². The molecule has 4 heterocycles. The molecule has 0 atom stereocenters. The van der Waals surface area contributed by atoms with Gasteiger partial charge in [0.15, 0.2) is 0 Å². The number of anilines is 1. The third kappa shape index (κ3) is 4.94. The van der Waals surface area contributed by atoms with Gasteiger partial charge in [-0.25, -0.2) is 4.98 Å². The standard InChI is InChI=1S/C21H24F3N5S/c22-21(23,24)16-3-6-26-20(13-16)29-11-9-28(10-12-29)17-4-7-27(8-5-17)15-19-2-1-18(14-25)30-19/h1-3,6,13,17H,4-5,7-12,15H2. The maximum absolute atomic E-state index is 13.0. The van der Waals surface area contributed by atoms with Gasteiger partial charge in [-0.2, -0.15) is 18.4 Å². The van der Waals surface area contributed by atoms with Crippen LogP contribution in [0.4, 0.5) is 19.0 Å². The monoisotopic (exact) mass is 435 g/mol. The molecule has 2 aliphatic rings. The highest BCUT2D eigenvalue weighted by molar-refractivity contribution is 7.12. The number of hydrogen-bond donors (Lipinski definition) is 0. The number of nitriles is 1. The number of aromatic nitrogens is 1.